The predicted octanol–water partition coefficient (Wildman–Crippen LogP) is 14.4. The van der Waals surface area contributed by atoms with Crippen molar-refractivity contribution in [3.63, 3.8) is 0 Å². The van der Waals surface area contributed by atoms with E-state index in [0.717, 1.165) is 0 Å². The zero-order valence-electron chi connectivity index (χ0n) is 35.5. The van der Waals surface area contributed by atoms with Gasteiger partial charge in [0.15, 0.2) is 0 Å². The Labute approximate surface area is 364 Å². The van der Waals surface area contributed by atoms with Gasteiger partial charge in [-0.05, 0) is 124 Å². The molecule has 9 rings (SSSR count). The van der Waals surface area contributed by atoms with Gasteiger partial charge in [-0.1, -0.05) is 224 Å². The van der Waals surface area contributed by atoms with E-state index in [0.29, 0.717) is 0 Å². The monoisotopic (exact) mass is 802 g/mol. The van der Waals surface area contributed by atoms with Crippen molar-refractivity contribution in [2.45, 2.75) is 39.5 Å². The fourth-order valence-electron chi connectivity index (χ4n) is 9.66. The third kappa shape index (κ3) is 8.17. The Bertz CT molecular complexity index is 2550. The SMILES string of the molecule is Cc1cc(C(c2ccccc2)c2ccccc2)cc(C)c1-c1cccc(-c2c(C)cc(C(c3ccccc3)c3ccccc3)cc2C)c1P(c1ccccc1)c1ccccc1. The summed E-state index contributed by atoms with van der Waals surface area (Å²) in [5, 5.41) is 4.09. The fraction of sp³-hybridized carbons (Fsp3) is 0.100. The van der Waals surface area contributed by atoms with Crippen molar-refractivity contribution in [1.29, 1.82) is 0 Å². The molecule has 9 aromatic carbocycles. The van der Waals surface area contributed by atoms with Crippen LogP contribution in [0.1, 0.15) is 67.5 Å². The van der Waals surface area contributed by atoms with Crippen molar-refractivity contribution < 1.29 is 0 Å². The second-order valence-electron chi connectivity index (χ2n) is 16.3. The molecule has 0 aliphatic rings. The number of aryl methyl sites for hydroxylation is 4. The highest BCUT2D eigenvalue weighted by molar-refractivity contribution is 7.80. The van der Waals surface area contributed by atoms with Crippen molar-refractivity contribution in [2.24, 2.45) is 0 Å². The van der Waals surface area contributed by atoms with Crippen molar-refractivity contribution in [3.05, 3.63) is 280 Å². The summed E-state index contributed by atoms with van der Waals surface area (Å²) in [6.07, 6.45) is 0. The Morgan fingerprint density at radius 3 is 0.820 bits per heavy atom. The van der Waals surface area contributed by atoms with Crippen LogP contribution in [0.4, 0.5) is 0 Å². The summed E-state index contributed by atoms with van der Waals surface area (Å²) in [4.78, 5) is 0. The molecule has 1 heteroatoms. The molecule has 0 aliphatic carbocycles. The molecule has 0 aromatic heterocycles. The van der Waals surface area contributed by atoms with Crippen LogP contribution in [0.15, 0.2) is 224 Å². The highest BCUT2D eigenvalue weighted by Crippen LogP contribution is 2.46. The van der Waals surface area contributed by atoms with Crippen LogP contribution in [0.5, 0.6) is 0 Å². The molecule has 0 N–H and O–H groups in total. The van der Waals surface area contributed by atoms with E-state index in [1.165, 1.54) is 93.8 Å². The molecule has 0 amide bonds. The van der Waals surface area contributed by atoms with Crippen LogP contribution in [-0.2, 0) is 0 Å². The largest absolute Gasteiger partial charge is 0.0622 e. The lowest BCUT2D eigenvalue weighted by molar-refractivity contribution is 0.971. The van der Waals surface area contributed by atoms with Gasteiger partial charge in [0.1, 0.15) is 0 Å². The van der Waals surface area contributed by atoms with Crippen molar-refractivity contribution in [3.8, 4) is 22.3 Å². The maximum absolute atomic E-state index is 2.45. The highest BCUT2D eigenvalue weighted by atomic mass is 31.1. The maximum atomic E-state index is 2.45. The molecule has 0 spiro atoms. The van der Waals surface area contributed by atoms with E-state index in [4.69, 9.17) is 0 Å². The lowest BCUT2D eigenvalue weighted by atomic mass is 9.81. The molecule has 0 fully saturated rings. The van der Waals surface area contributed by atoms with Gasteiger partial charge >= 0.3 is 0 Å². The zero-order valence-corrected chi connectivity index (χ0v) is 36.4. The Morgan fingerprint density at radius 1 is 0.279 bits per heavy atom. The molecule has 0 nitrogen and oxygen atoms in total. The van der Waals surface area contributed by atoms with Crippen LogP contribution in [0, 0.1) is 27.7 Å². The van der Waals surface area contributed by atoms with Crippen LogP contribution in [0.25, 0.3) is 22.3 Å². The van der Waals surface area contributed by atoms with Gasteiger partial charge in [-0.3, -0.25) is 0 Å². The first-order valence-corrected chi connectivity index (χ1v) is 22.8. The molecular formula is C60H51P. The highest BCUT2D eigenvalue weighted by Gasteiger charge is 2.28. The summed E-state index contributed by atoms with van der Waals surface area (Å²) < 4.78 is 0. The minimum Gasteiger partial charge on any atom is -0.0622 e. The zero-order chi connectivity index (χ0) is 41.7. The summed E-state index contributed by atoms with van der Waals surface area (Å²) in [6, 6.07) is 83.2. The van der Waals surface area contributed by atoms with E-state index < -0.39 is 7.92 Å². The van der Waals surface area contributed by atoms with E-state index in [9.17, 15) is 0 Å². The minimum atomic E-state index is -0.969. The molecule has 61 heavy (non-hydrogen) atoms. The Morgan fingerprint density at radius 2 is 0.541 bits per heavy atom. The summed E-state index contributed by atoms with van der Waals surface area (Å²) in [7, 11) is -0.969. The average Bonchev–Trinajstić information content (AvgIpc) is 3.29. The summed E-state index contributed by atoms with van der Waals surface area (Å²) in [5.41, 5.74) is 18.3. The lowest BCUT2D eigenvalue weighted by Gasteiger charge is -2.29. The molecule has 0 unspecified atom stereocenters. The molecule has 9 aromatic rings. The molecular weight excluding hydrogens is 752 g/mol. The predicted molar refractivity (Wildman–Crippen MR) is 263 cm³/mol. The van der Waals surface area contributed by atoms with Gasteiger partial charge in [0.2, 0.25) is 0 Å². The maximum Gasteiger partial charge on any atom is 0.0340 e. The van der Waals surface area contributed by atoms with Crippen LogP contribution >= 0.6 is 7.92 Å². The molecule has 0 saturated heterocycles. The van der Waals surface area contributed by atoms with Gasteiger partial charge in [0, 0.05) is 17.1 Å². The van der Waals surface area contributed by atoms with E-state index in [-0.39, 0.29) is 11.8 Å². The van der Waals surface area contributed by atoms with Gasteiger partial charge in [-0.25, -0.2) is 0 Å². The second kappa shape index (κ2) is 17.9. The van der Waals surface area contributed by atoms with Crippen LogP contribution in [0.2, 0.25) is 0 Å². The minimum absolute atomic E-state index is 0.129. The van der Waals surface area contributed by atoms with Gasteiger partial charge in [0.25, 0.3) is 0 Å². The molecule has 0 saturated carbocycles. The average molecular weight is 803 g/mol. The van der Waals surface area contributed by atoms with E-state index in [2.05, 4.69) is 252 Å². The summed E-state index contributed by atoms with van der Waals surface area (Å²) >= 11 is 0. The van der Waals surface area contributed by atoms with Crippen molar-refractivity contribution >= 4 is 23.8 Å². The van der Waals surface area contributed by atoms with E-state index in [1.807, 2.05) is 0 Å². The van der Waals surface area contributed by atoms with Crippen molar-refractivity contribution in [2.75, 3.05) is 0 Å². The molecule has 0 heterocycles. The molecule has 0 bridgehead atoms. The molecule has 0 aliphatic heterocycles. The number of benzene rings is 9. The Hall–Kier alpha value is -6.59. The molecule has 296 valence electrons. The Balaban J connectivity index is 1.28. The Kier molecular flexibility index (Phi) is 11.7. The quantitative estimate of drug-likeness (QED) is 0.0903. The normalized spacial score (nSPS) is 11.4. The standard InChI is InChI=1S/C60H51P/c1-42-38-50(58(46-24-11-5-12-25-46)47-26-13-6-14-27-47)39-43(2)56(42)54-36-23-37-55(60(54)61(52-32-19-9-20-33-52)53-34-21-10-22-35-53)57-44(3)40-51(41-45(57)4)59(48-28-15-7-16-29-48)49-30-17-8-18-31-49/h5-41,58-59H,1-4H3. The third-order valence-electron chi connectivity index (χ3n) is 12.1. The topological polar surface area (TPSA) is 0 Å². The van der Waals surface area contributed by atoms with E-state index >= 15 is 0 Å². The van der Waals surface area contributed by atoms with Crippen LogP contribution in [-0.4, -0.2) is 0 Å². The van der Waals surface area contributed by atoms with Crippen molar-refractivity contribution in [1.82, 2.24) is 0 Å². The second-order valence-corrected chi connectivity index (χ2v) is 18.4. The van der Waals surface area contributed by atoms with Gasteiger partial charge in [0.05, 0.1) is 0 Å². The number of hydrogen-bond acceptors (Lipinski definition) is 0. The van der Waals surface area contributed by atoms with Crippen LogP contribution in [0.3, 0.4) is 0 Å². The first kappa shape index (κ1) is 39.8. The lowest BCUT2D eigenvalue weighted by Crippen LogP contribution is -2.24. The summed E-state index contributed by atoms with van der Waals surface area (Å²) in [5.74, 6) is 0.259. The van der Waals surface area contributed by atoms with Gasteiger partial charge < -0.3 is 0 Å². The smallest absolute Gasteiger partial charge is 0.0340 e. The molecule has 0 radical (unpaired) electrons. The van der Waals surface area contributed by atoms with E-state index in [1.54, 1.807) is 0 Å². The van der Waals surface area contributed by atoms with Gasteiger partial charge in [-0.15, -0.1) is 0 Å². The summed E-state index contributed by atoms with van der Waals surface area (Å²) in [6.45, 7) is 9.28. The van der Waals surface area contributed by atoms with Gasteiger partial charge in [-0.2, -0.15) is 0 Å². The fourth-order valence-corrected chi connectivity index (χ4v) is 12.3. The van der Waals surface area contributed by atoms with Crippen LogP contribution < -0.4 is 15.9 Å². The first-order chi connectivity index (χ1) is 30.0. The third-order valence-corrected chi connectivity index (χ3v) is 14.7. The number of hydrogen-bond donors (Lipinski definition) is 0. The number of rotatable bonds is 11. The first-order valence-electron chi connectivity index (χ1n) is 21.4. The molecule has 0 atom stereocenters.